The molecule has 0 heterocycles. The summed E-state index contributed by atoms with van der Waals surface area (Å²) in [5.74, 6) is 0. The van der Waals surface area contributed by atoms with E-state index in [1.807, 2.05) is 0 Å². The Morgan fingerprint density at radius 3 is 0.512 bits per heavy atom. The zero-order valence-electron chi connectivity index (χ0n) is 29.4. The van der Waals surface area contributed by atoms with Crippen LogP contribution in [-0.4, -0.2) is 0 Å². The van der Waals surface area contributed by atoms with Crippen molar-refractivity contribution in [3.63, 3.8) is 0 Å². The molecular formula is C41H82. The molecule has 0 bridgehead atoms. The van der Waals surface area contributed by atoms with E-state index in [0.29, 0.717) is 0 Å². The molecule has 246 valence electrons. The van der Waals surface area contributed by atoms with Crippen molar-refractivity contribution in [2.75, 3.05) is 0 Å². The topological polar surface area (TPSA) is 0 Å². The molecule has 0 N–H and O–H groups in total. The highest BCUT2D eigenvalue weighted by Crippen LogP contribution is 2.17. The number of unbranched alkanes of at least 4 members (excludes halogenated alkanes) is 38. The Labute approximate surface area is 263 Å². The van der Waals surface area contributed by atoms with Crippen LogP contribution in [0.3, 0.4) is 0 Å². The van der Waals surface area contributed by atoms with Crippen molar-refractivity contribution in [3.05, 3.63) is 6.42 Å². The minimum atomic E-state index is 1.25. The van der Waals surface area contributed by atoms with E-state index in [1.165, 1.54) is 244 Å². The summed E-state index contributed by atoms with van der Waals surface area (Å²) in [6, 6.07) is 0. The van der Waals surface area contributed by atoms with Crippen LogP contribution in [0.5, 0.6) is 0 Å². The fourth-order valence-corrected chi connectivity index (χ4v) is 6.43. The van der Waals surface area contributed by atoms with E-state index in [2.05, 4.69) is 20.3 Å². The number of hydrogen-bond acceptors (Lipinski definition) is 0. The summed E-state index contributed by atoms with van der Waals surface area (Å²) in [6.07, 6.45) is 58.9. The van der Waals surface area contributed by atoms with E-state index in [1.54, 1.807) is 0 Å². The first kappa shape index (κ1) is 41.0. The Morgan fingerprint density at radius 2 is 0.341 bits per heavy atom. The van der Waals surface area contributed by atoms with Crippen LogP contribution in [-0.2, 0) is 0 Å². The SMILES string of the molecule is CCCCCCCCCCCCCCCCCCCC[C]CCCCCCCCCCCCCCCCCCCC. The first-order valence-electron chi connectivity index (χ1n) is 20.1. The highest BCUT2D eigenvalue weighted by molar-refractivity contribution is 4.65. The van der Waals surface area contributed by atoms with E-state index in [0.717, 1.165) is 0 Å². The monoisotopic (exact) mass is 575 g/mol. The molecule has 0 atom stereocenters. The van der Waals surface area contributed by atoms with E-state index in [4.69, 9.17) is 0 Å². The van der Waals surface area contributed by atoms with Crippen LogP contribution in [0.15, 0.2) is 0 Å². The van der Waals surface area contributed by atoms with E-state index >= 15 is 0 Å². The van der Waals surface area contributed by atoms with Gasteiger partial charge in [-0.2, -0.15) is 0 Å². The second kappa shape index (κ2) is 40.0. The van der Waals surface area contributed by atoms with Gasteiger partial charge in [-0.1, -0.05) is 245 Å². The van der Waals surface area contributed by atoms with Crippen LogP contribution in [0.2, 0.25) is 0 Å². The van der Waals surface area contributed by atoms with Crippen LogP contribution in [0, 0.1) is 6.42 Å². The standard InChI is InChI=1S/C41H82/c1-3-5-7-9-11-13-15-17-19-21-23-25-27-29-31-33-35-37-39-41-40-38-36-34-32-30-28-26-24-22-20-18-16-14-12-10-8-6-4-2/h3-40H2,1-2H3. The Morgan fingerprint density at radius 1 is 0.195 bits per heavy atom. The van der Waals surface area contributed by atoms with E-state index < -0.39 is 0 Å². The van der Waals surface area contributed by atoms with Gasteiger partial charge in [0.25, 0.3) is 0 Å². The van der Waals surface area contributed by atoms with Gasteiger partial charge in [-0.3, -0.25) is 0 Å². The molecule has 0 saturated carbocycles. The molecule has 0 saturated heterocycles. The van der Waals surface area contributed by atoms with E-state index in [-0.39, 0.29) is 0 Å². The highest BCUT2D eigenvalue weighted by Gasteiger charge is 1.98. The molecular weight excluding hydrogens is 492 g/mol. The molecule has 0 aromatic rings. The van der Waals surface area contributed by atoms with Crippen molar-refractivity contribution in [1.29, 1.82) is 0 Å². The quantitative estimate of drug-likeness (QED) is 0.0643. The molecule has 2 radical (unpaired) electrons. The summed E-state index contributed by atoms with van der Waals surface area (Å²) < 4.78 is 0. The molecule has 0 amide bonds. The van der Waals surface area contributed by atoms with Crippen molar-refractivity contribution >= 4 is 0 Å². The summed E-state index contributed by atoms with van der Waals surface area (Å²) in [7, 11) is 0. The molecule has 0 heteroatoms. The maximum absolute atomic E-state index is 3.69. The smallest absolute Gasteiger partial charge is 0.0173 e. The Bertz CT molecular complexity index is 374. The van der Waals surface area contributed by atoms with E-state index in [9.17, 15) is 0 Å². The van der Waals surface area contributed by atoms with Crippen molar-refractivity contribution in [3.8, 4) is 0 Å². The Balaban J connectivity index is 3.02. The van der Waals surface area contributed by atoms with Crippen molar-refractivity contribution in [2.24, 2.45) is 0 Å². The maximum atomic E-state index is 3.69. The predicted molar refractivity (Wildman–Crippen MR) is 190 cm³/mol. The predicted octanol–water partition coefficient (Wildman–Crippen LogP) is 15.9. The summed E-state index contributed by atoms with van der Waals surface area (Å²) in [5, 5.41) is 0. The van der Waals surface area contributed by atoms with Gasteiger partial charge in [-0.25, -0.2) is 0 Å². The van der Waals surface area contributed by atoms with Crippen LogP contribution in [0.25, 0.3) is 0 Å². The molecule has 0 unspecified atom stereocenters. The first-order valence-corrected chi connectivity index (χ1v) is 20.1. The molecule has 41 heavy (non-hydrogen) atoms. The van der Waals surface area contributed by atoms with Gasteiger partial charge < -0.3 is 0 Å². The Hall–Kier alpha value is 0. The molecule has 0 aromatic carbocycles. The molecule has 0 aromatic heterocycles. The Kier molecular flexibility index (Phi) is 40.0. The van der Waals surface area contributed by atoms with Crippen LogP contribution < -0.4 is 0 Å². The van der Waals surface area contributed by atoms with Crippen molar-refractivity contribution < 1.29 is 0 Å². The van der Waals surface area contributed by atoms with Gasteiger partial charge >= 0.3 is 0 Å². The average molecular weight is 575 g/mol. The van der Waals surface area contributed by atoms with Gasteiger partial charge in [0, 0.05) is 0 Å². The second-order valence-electron chi connectivity index (χ2n) is 13.8. The fraction of sp³-hybridized carbons (Fsp3) is 0.976. The minimum Gasteiger partial charge on any atom is -0.0654 e. The third-order valence-electron chi connectivity index (χ3n) is 9.41. The van der Waals surface area contributed by atoms with Gasteiger partial charge in [0.15, 0.2) is 0 Å². The number of hydrogen-bond donors (Lipinski definition) is 0. The normalized spacial score (nSPS) is 11.6. The number of rotatable bonds is 38. The molecule has 0 spiro atoms. The third-order valence-corrected chi connectivity index (χ3v) is 9.41. The second-order valence-corrected chi connectivity index (χ2v) is 13.8. The maximum Gasteiger partial charge on any atom is -0.0173 e. The lowest BCUT2D eigenvalue weighted by molar-refractivity contribution is 0.522. The van der Waals surface area contributed by atoms with Gasteiger partial charge in [0.1, 0.15) is 0 Å². The third kappa shape index (κ3) is 40.0. The van der Waals surface area contributed by atoms with Crippen LogP contribution in [0.1, 0.15) is 258 Å². The summed E-state index contributed by atoms with van der Waals surface area (Å²) in [4.78, 5) is 0. The molecule has 0 aliphatic carbocycles. The van der Waals surface area contributed by atoms with Crippen molar-refractivity contribution in [2.45, 2.75) is 258 Å². The van der Waals surface area contributed by atoms with Crippen molar-refractivity contribution in [1.82, 2.24) is 0 Å². The molecule has 0 nitrogen and oxygen atoms in total. The molecule has 0 aliphatic heterocycles. The zero-order valence-corrected chi connectivity index (χ0v) is 29.4. The summed E-state index contributed by atoms with van der Waals surface area (Å²) in [5.41, 5.74) is 0. The zero-order chi connectivity index (χ0) is 29.6. The van der Waals surface area contributed by atoms with Gasteiger partial charge in [0.2, 0.25) is 0 Å². The first-order chi connectivity index (χ1) is 20.4. The summed E-state index contributed by atoms with van der Waals surface area (Å²) in [6.45, 7) is 4.62. The summed E-state index contributed by atoms with van der Waals surface area (Å²) >= 11 is 0. The minimum absolute atomic E-state index is 1.25. The van der Waals surface area contributed by atoms with Crippen LogP contribution >= 0.6 is 0 Å². The molecule has 0 aliphatic rings. The van der Waals surface area contributed by atoms with Gasteiger partial charge in [-0.15, -0.1) is 0 Å². The lowest BCUT2D eigenvalue weighted by atomic mass is 10.0. The van der Waals surface area contributed by atoms with Crippen LogP contribution in [0.4, 0.5) is 0 Å². The largest absolute Gasteiger partial charge is 0.0654 e. The lowest BCUT2D eigenvalue weighted by Crippen LogP contribution is -1.85. The van der Waals surface area contributed by atoms with Gasteiger partial charge in [-0.05, 0) is 19.3 Å². The average Bonchev–Trinajstić information content (AvgIpc) is 2.98. The molecule has 0 fully saturated rings. The highest BCUT2D eigenvalue weighted by atomic mass is 14.0. The van der Waals surface area contributed by atoms with Gasteiger partial charge in [0.05, 0.1) is 0 Å². The lowest BCUT2D eigenvalue weighted by Gasteiger charge is -2.04. The fourth-order valence-electron chi connectivity index (χ4n) is 6.43. The molecule has 0 rings (SSSR count).